The summed E-state index contributed by atoms with van der Waals surface area (Å²) in [6.45, 7) is 0.954. The molecule has 0 aliphatic carbocycles. The normalized spacial score (nSPS) is 26.5. The van der Waals surface area contributed by atoms with Gasteiger partial charge in [0.05, 0.1) is 6.54 Å². The lowest BCUT2D eigenvalue weighted by atomic mass is 9.72. The summed E-state index contributed by atoms with van der Waals surface area (Å²) in [6.07, 6.45) is 8.93. The van der Waals surface area contributed by atoms with Gasteiger partial charge in [0.15, 0.2) is 0 Å². The monoisotopic (exact) mass is 371 g/mol. The van der Waals surface area contributed by atoms with Crippen LogP contribution in [0.4, 0.5) is 0 Å². The van der Waals surface area contributed by atoms with Crippen molar-refractivity contribution in [2.24, 2.45) is 5.92 Å². The Balaban J connectivity index is 1.33. The molecule has 2 unspecified atom stereocenters. The van der Waals surface area contributed by atoms with E-state index in [0.717, 1.165) is 23.9 Å². The molecule has 0 radical (unpaired) electrons. The van der Waals surface area contributed by atoms with Crippen LogP contribution < -0.4 is 4.74 Å². The van der Waals surface area contributed by atoms with Crippen LogP contribution in [0.5, 0.6) is 11.5 Å². The van der Waals surface area contributed by atoms with E-state index < -0.39 is 0 Å². The van der Waals surface area contributed by atoms with Gasteiger partial charge in [-0.3, -0.25) is 4.90 Å². The second kappa shape index (κ2) is 6.49. The molecule has 6 rings (SSSR count). The fourth-order valence-corrected chi connectivity index (χ4v) is 5.86. The van der Waals surface area contributed by atoms with E-state index in [9.17, 15) is 0 Å². The number of para-hydroxylation sites is 2. The Kier molecular flexibility index (Phi) is 3.79. The molecule has 1 N–H and O–H groups in total. The molecule has 4 heterocycles. The van der Waals surface area contributed by atoms with E-state index in [1.165, 1.54) is 36.8 Å². The van der Waals surface area contributed by atoms with Crippen LogP contribution in [0, 0.1) is 5.92 Å². The lowest BCUT2D eigenvalue weighted by Crippen LogP contribution is -2.44. The first-order valence-electron chi connectivity index (χ1n) is 10.5. The van der Waals surface area contributed by atoms with E-state index in [-0.39, 0.29) is 0 Å². The third kappa shape index (κ3) is 2.59. The zero-order valence-electron chi connectivity index (χ0n) is 15.9. The van der Waals surface area contributed by atoms with Crippen molar-refractivity contribution in [3.8, 4) is 11.5 Å². The van der Waals surface area contributed by atoms with Gasteiger partial charge in [-0.05, 0) is 43.7 Å². The molecule has 3 aromatic rings. The van der Waals surface area contributed by atoms with Crippen molar-refractivity contribution in [3.63, 3.8) is 0 Å². The Morgan fingerprint density at radius 2 is 1.57 bits per heavy atom. The van der Waals surface area contributed by atoms with E-state index in [1.807, 2.05) is 12.4 Å². The molecular formula is C24H25N3O. The van der Waals surface area contributed by atoms with Crippen LogP contribution >= 0.6 is 0 Å². The molecule has 2 fully saturated rings. The van der Waals surface area contributed by atoms with Crippen molar-refractivity contribution >= 4 is 0 Å². The summed E-state index contributed by atoms with van der Waals surface area (Å²) in [7, 11) is 0. The van der Waals surface area contributed by atoms with Crippen LogP contribution in [0.3, 0.4) is 0 Å². The van der Waals surface area contributed by atoms with Crippen molar-refractivity contribution in [1.82, 2.24) is 14.9 Å². The highest BCUT2D eigenvalue weighted by molar-refractivity contribution is 5.53. The van der Waals surface area contributed by atoms with Gasteiger partial charge in [0.25, 0.3) is 0 Å². The molecule has 3 aliphatic heterocycles. The molecular weight excluding hydrogens is 346 g/mol. The molecule has 1 aromatic heterocycles. The molecule has 4 nitrogen and oxygen atoms in total. The Morgan fingerprint density at radius 3 is 2.18 bits per heavy atom. The Morgan fingerprint density at radius 1 is 0.929 bits per heavy atom. The number of H-pyrrole nitrogens is 1. The third-order valence-corrected chi connectivity index (χ3v) is 7.01. The zero-order valence-corrected chi connectivity index (χ0v) is 15.9. The number of hydrogen-bond donors (Lipinski definition) is 1. The summed E-state index contributed by atoms with van der Waals surface area (Å²) in [6, 6.07) is 18.6. The number of fused-ring (bicyclic) bond motifs is 4. The number of imidazole rings is 1. The van der Waals surface area contributed by atoms with Gasteiger partial charge >= 0.3 is 0 Å². The second-order valence-electron chi connectivity index (χ2n) is 8.48. The summed E-state index contributed by atoms with van der Waals surface area (Å²) in [5.74, 6) is 4.27. The predicted octanol–water partition coefficient (Wildman–Crippen LogP) is 5.09. The van der Waals surface area contributed by atoms with E-state index >= 15 is 0 Å². The van der Waals surface area contributed by atoms with Crippen molar-refractivity contribution in [3.05, 3.63) is 77.9 Å². The lowest BCUT2D eigenvalue weighted by Gasteiger charge is -2.43. The van der Waals surface area contributed by atoms with Gasteiger partial charge < -0.3 is 9.72 Å². The molecule has 2 saturated heterocycles. The molecule has 0 amide bonds. The number of aromatic nitrogens is 2. The van der Waals surface area contributed by atoms with Gasteiger partial charge in [-0.25, -0.2) is 4.98 Å². The van der Waals surface area contributed by atoms with Gasteiger partial charge in [-0.1, -0.05) is 36.4 Å². The Labute approximate surface area is 165 Å². The summed E-state index contributed by atoms with van der Waals surface area (Å²) in [4.78, 5) is 10.4. The number of benzene rings is 2. The van der Waals surface area contributed by atoms with Gasteiger partial charge in [-0.15, -0.1) is 0 Å². The minimum absolute atomic E-state index is 0.440. The first-order valence-corrected chi connectivity index (χ1v) is 10.5. The fraction of sp³-hybridized carbons (Fsp3) is 0.375. The molecule has 0 saturated carbocycles. The number of nitrogens with zero attached hydrogens (tertiary/aromatic N) is 2. The standard InChI is InChI=1S/C24H25N3O/c1-3-7-21-19(5-1)24(20-6-2-4-8-22(20)28-21)16-13-17-9-10-18(14-16)27(17)15-23-25-11-12-26-23/h1-8,11-12,16-18,24H,9-10,13-15H2,(H,25,26). The number of aromatic amines is 1. The van der Waals surface area contributed by atoms with Crippen LogP contribution in [0.2, 0.25) is 0 Å². The van der Waals surface area contributed by atoms with Crippen molar-refractivity contribution in [1.29, 1.82) is 0 Å². The van der Waals surface area contributed by atoms with Crippen LogP contribution in [-0.2, 0) is 6.54 Å². The molecule has 28 heavy (non-hydrogen) atoms. The molecule has 2 aromatic carbocycles. The minimum atomic E-state index is 0.440. The van der Waals surface area contributed by atoms with Crippen molar-refractivity contribution in [2.75, 3.05) is 0 Å². The second-order valence-corrected chi connectivity index (χ2v) is 8.48. The summed E-state index contributed by atoms with van der Waals surface area (Å²) < 4.78 is 6.24. The lowest BCUT2D eigenvalue weighted by molar-refractivity contribution is 0.0865. The van der Waals surface area contributed by atoms with E-state index in [1.54, 1.807) is 0 Å². The van der Waals surface area contributed by atoms with E-state index in [4.69, 9.17) is 4.74 Å². The largest absolute Gasteiger partial charge is 0.457 e. The van der Waals surface area contributed by atoms with Crippen LogP contribution in [0.1, 0.15) is 48.6 Å². The molecule has 3 aliphatic rings. The number of piperidine rings is 1. The SMILES string of the molecule is c1ccc2c(c1)Oc1ccccc1C2C1CC2CCC(C1)N2Cc1ncc[nH]1. The Bertz CT molecular complexity index is 924. The molecule has 2 bridgehead atoms. The average Bonchev–Trinajstić information content (AvgIpc) is 3.32. The van der Waals surface area contributed by atoms with Crippen molar-refractivity contribution in [2.45, 2.75) is 50.2 Å². The quantitative estimate of drug-likeness (QED) is 0.697. The van der Waals surface area contributed by atoms with Crippen LogP contribution in [0.15, 0.2) is 60.9 Å². The van der Waals surface area contributed by atoms with E-state index in [2.05, 4.69) is 63.4 Å². The fourth-order valence-electron chi connectivity index (χ4n) is 5.86. The highest BCUT2D eigenvalue weighted by Gasteiger charge is 2.45. The molecule has 142 valence electrons. The summed E-state index contributed by atoms with van der Waals surface area (Å²) >= 11 is 0. The number of rotatable bonds is 3. The maximum absolute atomic E-state index is 6.24. The predicted molar refractivity (Wildman–Crippen MR) is 108 cm³/mol. The van der Waals surface area contributed by atoms with Crippen LogP contribution in [0.25, 0.3) is 0 Å². The third-order valence-electron chi connectivity index (χ3n) is 7.01. The first-order chi connectivity index (χ1) is 13.9. The average molecular weight is 371 g/mol. The van der Waals surface area contributed by atoms with Gasteiger partial charge in [-0.2, -0.15) is 0 Å². The summed E-state index contributed by atoms with van der Waals surface area (Å²) in [5.41, 5.74) is 2.73. The zero-order chi connectivity index (χ0) is 18.5. The summed E-state index contributed by atoms with van der Waals surface area (Å²) in [5, 5.41) is 0. The highest BCUT2D eigenvalue weighted by Crippen LogP contribution is 2.53. The topological polar surface area (TPSA) is 41.1 Å². The molecule has 0 spiro atoms. The van der Waals surface area contributed by atoms with Gasteiger partial charge in [0.2, 0.25) is 0 Å². The Hall–Kier alpha value is -2.59. The first kappa shape index (κ1) is 16.4. The number of nitrogens with one attached hydrogen (secondary N) is 1. The van der Waals surface area contributed by atoms with Crippen LogP contribution in [-0.4, -0.2) is 27.0 Å². The smallest absolute Gasteiger partial charge is 0.131 e. The highest BCUT2D eigenvalue weighted by atomic mass is 16.5. The number of ether oxygens (including phenoxy) is 1. The molecule has 4 heteroatoms. The minimum Gasteiger partial charge on any atom is -0.457 e. The number of hydrogen-bond acceptors (Lipinski definition) is 3. The van der Waals surface area contributed by atoms with Crippen molar-refractivity contribution < 1.29 is 4.74 Å². The van der Waals surface area contributed by atoms with Gasteiger partial charge in [0.1, 0.15) is 17.3 Å². The molecule has 2 atom stereocenters. The maximum Gasteiger partial charge on any atom is 0.131 e. The van der Waals surface area contributed by atoms with E-state index in [0.29, 0.717) is 23.9 Å². The maximum atomic E-state index is 6.24. The van der Waals surface area contributed by atoms with Gasteiger partial charge in [0, 0.05) is 41.5 Å².